The Morgan fingerprint density at radius 2 is 2.23 bits per heavy atom. The number of likely N-dealkylation sites (tertiary alicyclic amines) is 1. The number of rotatable bonds is 6. The van der Waals surface area contributed by atoms with Crippen molar-refractivity contribution < 1.29 is 18.7 Å². The van der Waals surface area contributed by atoms with Crippen molar-refractivity contribution in [2.45, 2.75) is 25.7 Å². The summed E-state index contributed by atoms with van der Waals surface area (Å²) in [7, 11) is 3.15. The molecule has 1 aliphatic heterocycles. The predicted molar refractivity (Wildman–Crippen MR) is 82.7 cm³/mol. The Kier molecular flexibility index (Phi) is 6.19. The lowest BCUT2D eigenvalue weighted by Crippen LogP contribution is -2.40. The van der Waals surface area contributed by atoms with E-state index < -0.39 is 5.82 Å². The molecule has 0 aromatic heterocycles. The van der Waals surface area contributed by atoms with E-state index in [1.165, 1.54) is 13.2 Å². The predicted octanol–water partition coefficient (Wildman–Crippen LogP) is 3.11. The molecule has 1 amide bonds. The minimum absolute atomic E-state index is 0.0440. The molecule has 0 spiro atoms. The number of hydrogen-bond donors (Lipinski definition) is 0. The van der Waals surface area contributed by atoms with Crippen molar-refractivity contribution in [2.75, 3.05) is 33.9 Å². The SMILES string of the molecule is COCCC[C@@H]1CCCN(C(=O)c2c(F)cccc2OC)C1. The van der Waals surface area contributed by atoms with Crippen molar-refractivity contribution >= 4 is 5.91 Å². The molecule has 0 radical (unpaired) electrons. The molecule has 0 saturated carbocycles. The van der Waals surface area contributed by atoms with Crippen LogP contribution < -0.4 is 4.74 Å². The zero-order valence-corrected chi connectivity index (χ0v) is 13.3. The van der Waals surface area contributed by atoms with Crippen LogP contribution in [0.1, 0.15) is 36.0 Å². The maximum atomic E-state index is 14.0. The van der Waals surface area contributed by atoms with E-state index in [1.54, 1.807) is 24.1 Å². The van der Waals surface area contributed by atoms with Crippen LogP contribution >= 0.6 is 0 Å². The lowest BCUT2D eigenvalue weighted by atomic mass is 9.93. The molecule has 0 N–H and O–H groups in total. The molecule has 1 fully saturated rings. The summed E-state index contributed by atoms with van der Waals surface area (Å²) in [5, 5.41) is 0. The van der Waals surface area contributed by atoms with Gasteiger partial charge < -0.3 is 14.4 Å². The van der Waals surface area contributed by atoms with Crippen LogP contribution in [0.2, 0.25) is 0 Å². The van der Waals surface area contributed by atoms with Crippen molar-refractivity contribution in [3.63, 3.8) is 0 Å². The van der Waals surface area contributed by atoms with Crippen molar-refractivity contribution in [3.05, 3.63) is 29.6 Å². The van der Waals surface area contributed by atoms with E-state index in [-0.39, 0.29) is 11.5 Å². The smallest absolute Gasteiger partial charge is 0.260 e. The van der Waals surface area contributed by atoms with Gasteiger partial charge in [0.05, 0.1) is 7.11 Å². The number of nitrogens with zero attached hydrogens (tertiary/aromatic N) is 1. The standard InChI is InChI=1S/C17H24FNO3/c1-21-11-5-7-13-6-4-10-19(12-13)17(20)16-14(18)8-3-9-15(16)22-2/h3,8-9,13H,4-7,10-12H2,1-2H3/t13-/m0/s1. The molecule has 22 heavy (non-hydrogen) atoms. The van der Waals surface area contributed by atoms with E-state index in [1.807, 2.05) is 0 Å². The second-order valence-corrected chi connectivity index (χ2v) is 5.71. The number of carbonyl (C=O) groups is 1. The Hall–Kier alpha value is -1.62. The fourth-order valence-corrected chi connectivity index (χ4v) is 3.04. The third-order valence-electron chi connectivity index (χ3n) is 4.18. The Morgan fingerprint density at radius 3 is 2.95 bits per heavy atom. The molecular formula is C17H24FNO3. The van der Waals surface area contributed by atoms with Crippen LogP contribution in [0.25, 0.3) is 0 Å². The van der Waals surface area contributed by atoms with Gasteiger partial charge in [-0.05, 0) is 43.7 Å². The fourth-order valence-electron chi connectivity index (χ4n) is 3.04. The molecule has 1 aromatic carbocycles. The first kappa shape index (κ1) is 16.7. The number of methoxy groups -OCH3 is 2. The molecule has 0 aliphatic carbocycles. The molecule has 2 rings (SSSR count). The maximum absolute atomic E-state index is 14.0. The van der Waals surface area contributed by atoms with Crippen LogP contribution in [-0.2, 0) is 4.74 Å². The van der Waals surface area contributed by atoms with E-state index >= 15 is 0 Å². The Labute approximate surface area is 131 Å². The number of halogens is 1. The van der Waals surface area contributed by atoms with Crippen molar-refractivity contribution in [1.82, 2.24) is 4.90 Å². The average Bonchev–Trinajstić information content (AvgIpc) is 2.54. The number of amides is 1. The lowest BCUT2D eigenvalue weighted by Gasteiger charge is -2.33. The minimum atomic E-state index is -0.522. The highest BCUT2D eigenvalue weighted by molar-refractivity contribution is 5.97. The van der Waals surface area contributed by atoms with Gasteiger partial charge in [0.15, 0.2) is 0 Å². The summed E-state index contributed by atoms with van der Waals surface area (Å²) in [5.41, 5.74) is 0.0440. The summed E-state index contributed by atoms with van der Waals surface area (Å²) in [6, 6.07) is 4.47. The summed E-state index contributed by atoms with van der Waals surface area (Å²) in [5.74, 6) is -0.0330. The maximum Gasteiger partial charge on any atom is 0.260 e. The van der Waals surface area contributed by atoms with Gasteiger partial charge in [-0.25, -0.2) is 4.39 Å². The summed E-state index contributed by atoms with van der Waals surface area (Å²) >= 11 is 0. The van der Waals surface area contributed by atoms with Crippen LogP contribution in [0, 0.1) is 11.7 Å². The fraction of sp³-hybridized carbons (Fsp3) is 0.588. The van der Waals surface area contributed by atoms with Crippen LogP contribution in [0.4, 0.5) is 4.39 Å². The number of ether oxygens (including phenoxy) is 2. The van der Waals surface area contributed by atoms with E-state index in [4.69, 9.17) is 9.47 Å². The molecule has 122 valence electrons. The van der Waals surface area contributed by atoms with Gasteiger partial charge in [-0.3, -0.25) is 4.79 Å². The highest BCUT2D eigenvalue weighted by Crippen LogP contribution is 2.27. The average molecular weight is 309 g/mol. The monoisotopic (exact) mass is 309 g/mol. The second-order valence-electron chi connectivity index (χ2n) is 5.71. The number of benzene rings is 1. The Balaban J connectivity index is 2.06. The molecule has 1 saturated heterocycles. The van der Waals surface area contributed by atoms with Gasteiger partial charge in [-0.15, -0.1) is 0 Å². The molecule has 1 atom stereocenters. The van der Waals surface area contributed by atoms with E-state index in [0.29, 0.717) is 24.8 Å². The number of carbonyl (C=O) groups excluding carboxylic acids is 1. The van der Waals surface area contributed by atoms with Gasteiger partial charge in [0.2, 0.25) is 0 Å². The van der Waals surface area contributed by atoms with Gasteiger partial charge in [0, 0.05) is 26.8 Å². The first-order chi connectivity index (χ1) is 10.7. The van der Waals surface area contributed by atoms with Gasteiger partial charge in [-0.1, -0.05) is 6.07 Å². The van der Waals surface area contributed by atoms with Gasteiger partial charge in [0.1, 0.15) is 17.1 Å². The van der Waals surface area contributed by atoms with Crippen LogP contribution in [0.5, 0.6) is 5.75 Å². The Morgan fingerprint density at radius 1 is 1.41 bits per heavy atom. The third-order valence-corrected chi connectivity index (χ3v) is 4.18. The van der Waals surface area contributed by atoms with Crippen LogP contribution in [0.15, 0.2) is 18.2 Å². The quantitative estimate of drug-likeness (QED) is 0.758. The van der Waals surface area contributed by atoms with Crippen LogP contribution in [0.3, 0.4) is 0 Å². The molecule has 0 bridgehead atoms. The van der Waals surface area contributed by atoms with E-state index in [2.05, 4.69) is 0 Å². The summed E-state index contributed by atoms with van der Waals surface area (Å²) in [6.45, 7) is 2.10. The molecule has 1 heterocycles. The van der Waals surface area contributed by atoms with Crippen molar-refractivity contribution in [1.29, 1.82) is 0 Å². The van der Waals surface area contributed by atoms with E-state index in [0.717, 1.165) is 32.3 Å². The molecular weight excluding hydrogens is 285 g/mol. The van der Waals surface area contributed by atoms with Gasteiger partial charge in [-0.2, -0.15) is 0 Å². The van der Waals surface area contributed by atoms with Crippen LogP contribution in [-0.4, -0.2) is 44.7 Å². The molecule has 4 nitrogen and oxygen atoms in total. The zero-order valence-electron chi connectivity index (χ0n) is 13.3. The molecule has 0 unspecified atom stereocenters. The number of hydrogen-bond acceptors (Lipinski definition) is 3. The second kappa shape index (κ2) is 8.13. The largest absolute Gasteiger partial charge is 0.496 e. The number of piperidine rings is 1. The Bertz CT molecular complexity index is 507. The summed E-state index contributed by atoms with van der Waals surface area (Å²) in [6.07, 6.45) is 4.10. The molecule has 5 heteroatoms. The minimum Gasteiger partial charge on any atom is -0.496 e. The molecule has 1 aliphatic rings. The zero-order chi connectivity index (χ0) is 15.9. The van der Waals surface area contributed by atoms with Gasteiger partial charge in [0.25, 0.3) is 5.91 Å². The first-order valence-corrected chi connectivity index (χ1v) is 7.78. The lowest BCUT2D eigenvalue weighted by molar-refractivity contribution is 0.0652. The highest BCUT2D eigenvalue weighted by atomic mass is 19.1. The summed E-state index contributed by atoms with van der Waals surface area (Å²) < 4.78 is 24.3. The first-order valence-electron chi connectivity index (χ1n) is 7.78. The van der Waals surface area contributed by atoms with Gasteiger partial charge >= 0.3 is 0 Å². The van der Waals surface area contributed by atoms with E-state index in [9.17, 15) is 9.18 Å². The third kappa shape index (κ3) is 3.97. The van der Waals surface area contributed by atoms with Crippen molar-refractivity contribution in [3.8, 4) is 5.75 Å². The summed E-state index contributed by atoms with van der Waals surface area (Å²) in [4.78, 5) is 14.4. The van der Waals surface area contributed by atoms with Crippen molar-refractivity contribution in [2.24, 2.45) is 5.92 Å². The molecule has 1 aromatic rings. The normalized spacial score (nSPS) is 18.3. The topological polar surface area (TPSA) is 38.8 Å². The highest BCUT2D eigenvalue weighted by Gasteiger charge is 2.28.